The lowest BCUT2D eigenvalue weighted by molar-refractivity contribution is 0.507. The minimum atomic E-state index is 0.591. The number of hydrogen-bond acceptors (Lipinski definition) is 2. The quantitative estimate of drug-likeness (QED) is 0.633. The van der Waals surface area contributed by atoms with Gasteiger partial charge in [-0.1, -0.05) is 54.6 Å². The third-order valence-electron chi connectivity index (χ3n) is 4.30. The fraction of sp³-hybridized carbons (Fsp3) is 0.227. The monoisotopic (exact) mass is 316 g/mol. The third-order valence-corrected chi connectivity index (χ3v) is 4.30. The van der Waals surface area contributed by atoms with Gasteiger partial charge in [-0.2, -0.15) is 0 Å². The normalized spacial score (nSPS) is 11.8. The lowest BCUT2D eigenvalue weighted by Gasteiger charge is -2.18. The SMILES string of the molecule is c1ccc(CC(CCc2cccnc2)CNc2ccccc2)cc1. The van der Waals surface area contributed by atoms with E-state index >= 15 is 0 Å². The summed E-state index contributed by atoms with van der Waals surface area (Å²) in [4.78, 5) is 4.22. The lowest BCUT2D eigenvalue weighted by Crippen LogP contribution is -2.17. The number of aromatic nitrogens is 1. The van der Waals surface area contributed by atoms with Crippen molar-refractivity contribution in [2.45, 2.75) is 19.3 Å². The number of hydrogen-bond donors (Lipinski definition) is 1. The summed E-state index contributed by atoms with van der Waals surface area (Å²) in [7, 11) is 0. The summed E-state index contributed by atoms with van der Waals surface area (Å²) in [6.45, 7) is 0.985. The largest absolute Gasteiger partial charge is 0.385 e. The topological polar surface area (TPSA) is 24.9 Å². The smallest absolute Gasteiger partial charge is 0.0340 e. The molecule has 0 saturated heterocycles. The Morgan fingerprint density at radius 2 is 1.50 bits per heavy atom. The number of aryl methyl sites for hydroxylation is 1. The number of rotatable bonds is 8. The van der Waals surface area contributed by atoms with E-state index in [1.165, 1.54) is 16.8 Å². The second kappa shape index (κ2) is 8.88. The van der Waals surface area contributed by atoms with Crippen LogP contribution in [0.4, 0.5) is 5.69 Å². The molecule has 2 aromatic carbocycles. The molecule has 122 valence electrons. The van der Waals surface area contributed by atoms with Gasteiger partial charge in [0.05, 0.1) is 0 Å². The van der Waals surface area contributed by atoms with Gasteiger partial charge >= 0.3 is 0 Å². The first-order valence-electron chi connectivity index (χ1n) is 8.62. The highest BCUT2D eigenvalue weighted by Crippen LogP contribution is 2.17. The maximum atomic E-state index is 4.22. The number of para-hydroxylation sites is 1. The zero-order valence-corrected chi connectivity index (χ0v) is 13.9. The van der Waals surface area contributed by atoms with Gasteiger partial charge in [-0.15, -0.1) is 0 Å². The Hall–Kier alpha value is -2.61. The first-order chi connectivity index (χ1) is 11.9. The molecule has 2 nitrogen and oxygen atoms in total. The standard InChI is InChI=1S/C22H24N2/c1-3-8-19(9-4-1)16-21(14-13-20-10-7-15-23-17-20)18-24-22-11-5-2-6-12-22/h1-12,15,17,21,24H,13-14,16,18H2. The molecule has 0 radical (unpaired) electrons. The summed E-state index contributed by atoms with van der Waals surface area (Å²) in [5, 5.41) is 3.59. The van der Waals surface area contributed by atoms with Crippen LogP contribution in [0.15, 0.2) is 85.2 Å². The molecule has 1 atom stereocenters. The van der Waals surface area contributed by atoms with E-state index in [0.717, 1.165) is 25.8 Å². The Morgan fingerprint density at radius 3 is 2.21 bits per heavy atom. The van der Waals surface area contributed by atoms with E-state index in [4.69, 9.17) is 0 Å². The van der Waals surface area contributed by atoms with Gasteiger partial charge in [0.15, 0.2) is 0 Å². The molecule has 0 fully saturated rings. The molecule has 1 N–H and O–H groups in total. The molecule has 0 saturated carbocycles. The average molecular weight is 316 g/mol. The second-order valence-electron chi connectivity index (χ2n) is 6.20. The van der Waals surface area contributed by atoms with Crippen molar-refractivity contribution in [1.29, 1.82) is 0 Å². The van der Waals surface area contributed by atoms with Gasteiger partial charge in [0.25, 0.3) is 0 Å². The molecule has 1 heterocycles. The summed E-state index contributed by atoms with van der Waals surface area (Å²) in [5.41, 5.74) is 3.91. The first kappa shape index (κ1) is 16.3. The van der Waals surface area contributed by atoms with Crippen molar-refractivity contribution in [2.75, 3.05) is 11.9 Å². The van der Waals surface area contributed by atoms with Crippen molar-refractivity contribution in [3.05, 3.63) is 96.3 Å². The Bertz CT molecular complexity index is 652. The van der Waals surface area contributed by atoms with Crippen molar-refractivity contribution in [3.8, 4) is 0 Å². The minimum absolute atomic E-state index is 0.591. The Balaban J connectivity index is 1.61. The van der Waals surface area contributed by atoms with Crippen LogP contribution in [-0.4, -0.2) is 11.5 Å². The number of pyridine rings is 1. The molecule has 0 aliphatic rings. The van der Waals surface area contributed by atoms with E-state index in [0.29, 0.717) is 5.92 Å². The van der Waals surface area contributed by atoms with Crippen LogP contribution in [0.5, 0.6) is 0 Å². The van der Waals surface area contributed by atoms with Gasteiger partial charge in [0.1, 0.15) is 0 Å². The molecular weight excluding hydrogens is 292 g/mol. The van der Waals surface area contributed by atoms with E-state index in [1.54, 1.807) is 0 Å². The van der Waals surface area contributed by atoms with Gasteiger partial charge in [-0.3, -0.25) is 4.98 Å². The number of benzene rings is 2. The Labute approximate surface area is 144 Å². The van der Waals surface area contributed by atoms with Crippen molar-refractivity contribution in [3.63, 3.8) is 0 Å². The van der Waals surface area contributed by atoms with E-state index < -0.39 is 0 Å². The Morgan fingerprint density at radius 1 is 0.792 bits per heavy atom. The molecule has 3 aromatic rings. The van der Waals surface area contributed by atoms with Crippen molar-refractivity contribution < 1.29 is 0 Å². The van der Waals surface area contributed by atoms with Gasteiger partial charge < -0.3 is 5.32 Å². The first-order valence-corrected chi connectivity index (χ1v) is 8.62. The fourth-order valence-electron chi connectivity index (χ4n) is 2.96. The summed E-state index contributed by atoms with van der Waals surface area (Å²) in [6, 6.07) is 25.4. The molecule has 1 aromatic heterocycles. The predicted octanol–water partition coefficient (Wildman–Crippen LogP) is 4.99. The van der Waals surface area contributed by atoms with Gasteiger partial charge in [-0.05, 0) is 54.5 Å². The second-order valence-corrected chi connectivity index (χ2v) is 6.20. The van der Waals surface area contributed by atoms with Crippen LogP contribution in [0.2, 0.25) is 0 Å². The van der Waals surface area contributed by atoms with Crippen molar-refractivity contribution in [1.82, 2.24) is 4.98 Å². The average Bonchev–Trinajstić information content (AvgIpc) is 2.66. The molecule has 0 spiro atoms. The van der Waals surface area contributed by atoms with E-state index in [9.17, 15) is 0 Å². The van der Waals surface area contributed by atoms with Crippen LogP contribution < -0.4 is 5.32 Å². The van der Waals surface area contributed by atoms with Crippen LogP contribution in [-0.2, 0) is 12.8 Å². The van der Waals surface area contributed by atoms with Crippen LogP contribution in [0, 0.1) is 5.92 Å². The zero-order valence-electron chi connectivity index (χ0n) is 13.9. The third kappa shape index (κ3) is 5.24. The maximum absolute atomic E-state index is 4.22. The molecule has 0 aliphatic heterocycles. The predicted molar refractivity (Wildman–Crippen MR) is 101 cm³/mol. The molecular formula is C22H24N2. The highest BCUT2D eigenvalue weighted by Gasteiger charge is 2.10. The number of nitrogens with one attached hydrogen (secondary N) is 1. The van der Waals surface area contributed by atoms with Crippen molar-refractivity contribution >= 4 is 5.69 Å². The summed E-state index contributed by atoms with van der Waals surface area (Å²) in [5.74, 6) is 0.591. The highest BCUT2D eigenvalue weighted by atomic mass is 14.9. The molecule has 1 unspecified atom stereocenters. The van der Waals surface area contributed by atoms with Crippen LogP contribution in [0.3, 0.4) is 0 Å². The molecule has 24 heavy (non-hydrogen) atoms. The van der Waals surface area contributed by atoms with Gasteiger partial charge in [0, 0.05) is 24.6 Å². The van der Waals surface area contributed by atoms with E-state index in [-0.39, 0.29) is 0 Å². The van der Waals surface area contributed by atoms with Crippen LogP contribution in [0.25, 0.3) is 0 Å². The van der Waals surface area contributed by atoms with E-state index in [2.05, 4.69) is 77.0 Å². The molecule has 2 heteroatoms. The minimum Gasteiger partial charge on any atom is -0.385 e. The number of anilines is 1. The van der Waals surface area contributed by atoms with Crippen LogP contribution in [0.1, 0.15) is 17.5 Å². The zero-order chi connectivity index (χ0) is 16.5. The molecule has 0 amide bonds. The number of nitrogens with zero attached hydrogens (tertiary/aromatic N) is 1. The van der Waals surface area contributed by atoms with Gasteiger partial charge in [0.2, 0.25) is 0 Å². The summed E-state index contributed by atoms with van der Waals surface area (Å²) >= 11 is 0. The maximum Gasteiger partial charge on any atom is 0.0340 e. The lowest BCUT2D eigenvalue weighted by atomic mass is 9.93. The Kier molecular flexibility index (Phi) is 6.01. The highest BCUT2D eigenvalue weighted by molar-refractivity contribution is 5.42. The summed E-state index contributed by atoms with van der Waals surface area (Å²) < 4.78 is 0. The molecule has 3 rings (SSSR count). The van der Waals surface area contributed by atoms with Gasteiger partial charge in [-0.25, -0.2) is 0 Å². The molecule has 0 aliphatic carbocycles. The fourth-order valence-corrected chi connectivity index (χ4v) is 2.96. The van der Waals surface area contributed by atoms with Crippen molar-refractivity contribution in [2.24, 2.45) is 5.92 Å². The van der Waals surface area contributed by atoms with Crippen LogP contribution >= 0.6 is 0 Å². The van der Waals surface area contributed by atoms with E-state index in [1.807, 2.05) is 18.5 Å². The summed E-state index contributed by atoms with van der Waals surface area (Å²) in [6.07, 6.45) is 7.13. The molecule has 0 bridgehead atoms.